The molecule has 2 aromatic carbocycles. The zero-order chi connectivity index (χ0) is 18.2. The predicted octanol–water partition coefficient (Wildman–Crippen LogP) is 5.08. The first-order chi connectivity index (χ1) is 11.8. The predicted molar refractivity (Wildman–Crippen MR) is 91.8 cm³/mol. The number of amides is 1. The number of fused-ring (bicyclic) bond motifs is 1. The van der Waals surface area contributed by atoms with Crippen LogP contribution in [0, 0.1) is 6.92 Å². The zero-order valence-corrected chi connectivity index (χ0v) is 13.4. The maximum Gasteiger partial charge on any atom is 0.416 e. The molecule has 3 aromatic rings. The minimum Gasteiger partial charge on any atom is -0.323 e. The van der Waals surface area contributed by atoms with Crippen molar-refractivity contribution in [2.24, 2.45) is 0 Å². The van der Waals surface area contributed by atoms with Crippen molar-refractivity contribution < 1.29 is 18.0 Å². The Morgan fingerprint density at radius 3 is 2.56 bits per heavy atom. The van der Waals surface area contributed by atoms with E-state index in [4.69, 9.17) is 0 Å². The van der Waals surface area contributed by atoms with E-state index in [0.717, 1.165) is 23.0 Å². The van der Waals surface area contributed by atoms with Gasteiger partial charge < -0.3 is 9.88 Å². The molecule has 3 nitrogen and oxygen atoms in total. The molecule has 0 saturated heterocycles. The molecule has 1 amide bonds. The van der Waals surface area contributed by atoms with Crippen LogP contribution < -0.4 is 5.32 Å². The summed E-state index contributed by atoms with van der Waals surface area (Å²) >= 11 is 0. The zero-order valence-electron chi connectivity index (χ0n) is 13.4. The number of nitrogens with one attached hydrogen (secondary N) is 1. The molecule has 0 radical (unpaired) electrons. The second kappa shape index (κ2) is 6.12. The first-order valence-corrected chi connectivity index (χ1v) is 7.52. The van der Waals surface area contributed by atoms with Gasteiger partial charge in [-0.2, -0.15) is 13.2 Å². The van der Waals surface area contributed by atoms with Gasteiger partial charge in [0.25, 0.3) is 0 Å². The number of anilines is 1. The molecule has 0 aliphatic carbocycles. The summed E-state index contributed by atoms with van der Waals surface area (Å²) in [7, 11) is 0. The fourth-order valence-electron chi connectivity index (χ4n) is 2.73. The lowest BCUT2D eigenvalue weighted by molar-refractivity contribution is -0.137. The number of carbonyl (C=O) groups is 1. The fourth-order valence-corrected chi connectivity index (χ4v) is 2.73. The quantitative estimate of drug-likeness (QED) is 0.660. The van der Waals surface area contributed by atoms with Gasteiger partial charge in [0.2, 0.25) is 5.91 Å². The summed E-state index contributed by atoms with van der Waals surface area (Å²) in [6.07, 6.45) is -1.39. The van der Waals surface area contributed by atoms with Crippen molar-refractivity contribution >= 4 is 22.5 Å². The van der Waals surface area contributed by atoms with Crippen LogP contribution in [0.15, 0.2) is 61.3 Å². The van der Waals surface area contributed by atoms with Gasteiger partial charge in [0.1, 0.15) is 0 Å². The Labute approximate surface area is 142 Å². The van der Waals surface area contributed by atoms with E-state index >= 15 is 0 Å². The Balaban J connectivity index is 2.02. The van der Waals surface area contributed by atoms with E-state index in [2.05, 4.69) is 11.9 Å². The molecule has 0 aliphatic rings. The number of nitrogens with zero attached hydrogens (tertiary/aromatic N) is 1. The molecular formula is C19H15F3N2O. The first kappa shape index (κ1) is 16.8. The van der Waals surface area contributed by atoms with E-state index in [9.17, 15) is 18.0 Å². The van der Waals surface area contributed by atoms with Gasteiger partial charge in [0, 0.05) is 23.0 Å². The van der Waals surface area contributed by atoms with E-state index in [-0.39, 0.29) is 5.91 Å². The van der Waals surface area contributed by atoms with Crippen LogP contribution in [-0.2, 0) is 11.0 Å². The van der Waals surface area contributed by atoms with E-state index in [0.29, 0.717) is 16.9 Å². The minimum atomic E-state index is -4.36. The Hall–Kier alpha value is -3.02. The Kier molecular flexibility index (Phi) is 4.12. The largest absolute Gasteiger partial charge is 0.416 e. The van der Waals surface area contributed by atoms with Crippen LogP contribution in [0.2, 0.25) is 0 Å². The third kappa shape index (κ3) is 3.28. The van der Waals surface area contributed by atoms with E-state index in [1.54, 1.807) is 25.3 Å². The summed E-state index contributed by atoms with van der Waals surface area (Å²) in [5.74, 6) is -0.308. The van der Waals surface area contributed by atoms with Crippen LogP contribution in [0.1, 0.15) is 11.1 Å². The van der Waals surface area contributed by atoms with Gasteiger partial charge >= 0.3 is 6.18 Å². The highest BCUT2D eigenvalue weighted by atomic mass is 19.4. The number of aryl methyl sites for hydroxylation is 1. The number of rotatable bonds is 3. The number of carbonyl (C=O) groups excluding carboxylic acids is 1. The highest BCUT2D eigenvalue weighted by molar-refractivity contribution is 6.00. The first-order valence-electron chi connectivity index (χ1n) is 7.52. The van der Waals surface area contributed by atoms with Gasteiger partial charge in [-0.3, -0.25) is 4.79 Å². The molecule has 0 saturated carbocycles. The molecule has 3 rings (SSSR count). The highest BCUT2D eigenvalue weighted by Gasteiger charge is 2.30. The Morgan fingerprint density at radius 1 is 1.16 bits per heavy atom. The molecule has 0 aliphatic heterocycles. The van der Waals surface area contributed by atoms with Crippen molar-refractivity contribution in [1.82, 2.24) is 4.57 Å². The van der Waals surface area contributed by atoms with Crippen molar-refractivity contribution in [3.63, 3.8) is 0 Å². The molecule has 1 heterocycles. The standard InChI is InChI=1S/C19H15F3N2O/c1-3-18(25)23-15-5-7-17-13(11-15)8-9-24(17)16-6-4-14(10-12(16)2)19(20,21)22/h3-11H,1H2,2H3,(H,23,25). The molecule has 0 bridgehead atoms. The number of benzene rings is 2. The number of aromatic nitrogens is 1. The summed E-state index contributed by atoms with van der Waals surface area (Å²) in [6, 6.07) is 10.9. The molecule has 0 spiro atoms. The van der Waals surface area contributed by atoms with Gasteiger partial charge in [-0.05, 0) is 61.0 Å². The number of hydrogen-bond acceptors (Lipinski definition) is 1. The second-order valence-corrected chi connectivity index (χ2v) is 5.65. The van der Waals surface area contributed by atoms with Crippen LogP contribution in [0.5, 0.6) is 0 Å². The average Bonchev–Trinajstić information content (AvgIpc) is 2.96. The molecule has 1 aromatic heterocycles. The SMILES string of the molecule is C=CC(=O)Nc1ccc2c(ccn2-c2ccc(C(F)(F)F)cc2C)c1. The lowest BCUT2D eigenvalue weighted by atomic mass is 10.1. The Morgan fingerprint density at radius 2 is 1.92 bits per heavy atom. The molecular weight excluding hydrogens is 329 g/mol. The van der Waals surface area contributed by atoms with Crippen molar-refractivity contribution in [3.05, 3.63) is 72.4 Å². The van der Waals surface area contributed by atoms with Crippen LogP contribution >= 0.6 is 0 Å². The van der Waals surface area contributed by atoms with E-state index < -0.39 is 11.7 Å². The molecule has 0 atom stereocenters. The summed E-state index contributed by atoms with van der Waals surface area (Å²) in [4.78, 5) is 11.4. The lowest BCUT2D eigenvalue weighted by Crippen LogP contribution is -2.07. The van der Waals surface area contributed by atoms with Gasteiger partial charge in [-0.15, -0.1) is 0 Å². The van der Waals surface area contributed by atoms with Crippen molar-refractivity contribution in [1.29, 1.82) is 0 Å². The number of hydrogen-bond donors (Lipinski definition) is 1. The van der Waals surface area contributed by atoms with Gasteiger partial charge in [0.05, 0.1) is 11.1 Å². The third-order valence-corrected chi connectivity index (χ3v) is 3.93. The Bertz CT molecular complexity index is 970. The van der Waals surface area contributed by atoms with Crippen molar-refractivity contribution in [2.75, 3.05) is 5.32 Å². The summed E-state index contributed by atoms with van der Waals surface area (Å²) in [5, 5.41) is 3.54. The number of halogens is 3. The van der Waals surface area contributed by atoms with E-state index in [1.165, 1.54) is 12.1 Å². The smallest absolute Gasteiger partial charge is 0.323 e. The van der Waals surface area contributed by atoms with Gasteiger partial charge in [-0.25, -0.2) is 0 Å². The monoisotopic (exact) mass is 344 g/mol. The highest BCUT2D eigenvalue weighted by Crippen LogP contribution is 2.32. The van der Waals surface area contributed by atoms with Crippen LogP contribution in [0.3, 0.4) is 0 Å². The molecule has 1 N–H and O–H groups in total. The van der Waals surface area contributed by atoms with Crippen LogP contribution in [0.25, 0.3) is 16.6 Å². The third-order valence-electron chi connectivity index (χ3n) is 3.93. The fraction of sp³-hybridized carbons (Fsp3) is 0.105. The van der Waals surface area contributed by atoms with Crippen molar-refractivity contribution in [2.45, 2.75) is 13.1 Å². The summed E-state index contributed by atoms with van der Waals surface area (Å²) in [5.41, 5.74) is 1.99. The molecule has 128 valence electrons. The van der Waals surface area contributed by atoms with E-state index in [1.807, 2.05) is 16.7 Å². The molecule has 6 heteroatoms. The molecule has 0 unspecified atom stereocenters. The van der Waals surface area contributed by atoms with Gasteiger partial charge in [-0.1, -0.05) is 6.58 Å². The number of alkyl halides is 3. The maximum absolute atomic E-state index is 12.8. The van der Waals surface area contributed by atoms with Crippen LogP contribution in [-0.4, -0.2) is 10.5 Å². The summed E-state index contributed by atoms with van der Waals surface area (Å²) in [6.45, 7) is 5.05. The topological polar surface area (TPSA) is 34.0 Å². The molecule has 0 fully saturated rings. The lowest BCUT2D eigenvalue weighted by Gasteiger charge is -2.13. The maximum atomic E-state index is 12.8. The van der Waals surface area contributed by atoms with Crippen molar-refractivity contribution in [3.8, 4) is 5.69 Å². The average molecular weight is 344 g/mol. The van der Waals surface area contributed by atoms with Gasteiger partial charge in [0.15, 0.2) is 0 Å². The normalized spacial score (nSPS) is 11.5. The molecule has 25 heavy (non-hydrogen) atoms. The van der Waals surface area contributed by atoms with Crippen LogP contribution in [0.4, 0.5) is 18.9 Å². The second-order valence-electron chi connectivity index (χ2n) is 5.65. The summed E-state index contributed by atoms with van der Waals surface area (Å²) < 4.78 is 40.3. The minimum absolute atomic E-state index is 0.308.